The first-order valence-corrected chi connectivity index (χ1v) is 4.49. The lowest BCUT2D eigenvalue weighted by atomic mass is 9.92. The molecule has 1 fully saturated rings. The van der Waals surface area contributed by atoms with E-state index in [-0.39, 0.29) is 0 Å². The van der Waals surface area contributed by atoms with E-state index in [9.17, 15) is 0 Å². The summed E-state index contributed by atoms with van der Waals surface area (Å²) in [6.45, 7) is 2.18. The molecule has 3 heteroatoms. The Morgan fingerprint density at radius 2 is 2.33 bits per heavy atom. The zero-order chi connectivity index (χ0) is 8.97. The highest BCUT2D eigenvalue weighted by Crippen LogP contribution is 2.17. The fraction of sp³-hybridized carbons (Fsp3) is 0.889. The number of piperidine rings is 1. The molecule has 1 aliphatic heterocycles. The Labute approximate surface area is 74.4 Å². The van der Waals surface area contributed by atoms with Crippen molar-refractivity contribution in [3.8, 4) is 6.07 Å². The number of likely N-dealkylation sites (N-methyl/N-ethyl adjacent to an activating group) is 2. The maximum Gasteiger partial charge on any atom is 0.0625 e. The molecule has 0 amide bonds. The van der Waals surface area contributed by atoms with Crippen molar-refractivity contribution in [2.75, 3.05) is 27.2 Å². The van der Waals surface area contributed by atoms with Crippen molar-refractivity contribution < 1.29 is 0 Å². The summed E-state index contributed by atoms with van der Waals surface area (Å²) in [6, 6.07) is 2.82. The third-order valence-corrected chi connectivity index (χ3v) is 2.51. The number of hydrogen-bond acceptors (Lipinski definition) is 3. The molecule has 0 aliphatic carbocycles. The Morgan fingerprint density at radius 3 is 2.92 bits per heavy atom. The Balaban J connectivity index is 2.40. The molecule has 1 rings (SSSR count). The SMILES string of the molecule is CN[C@@H]1C[C@@H](CC#N)CN(C)C1. The zero-order valence-corrected chi connectivity index (χ0v) is 7.88. The summed E-state index contributed by atoms with van der Waals surface area (Å²) in [5, 5.41) is 11.8. The minimum atomic E-state index is 0.561. The molecule has 0 spiro atoms. The van der Waals surface area contributed by atoms with Crippen LogP contribution >= 0.6 is 0 Å². The molecule has 0 aromatic heterocycles. The van der Waals surface area contributed by atoms with Gasteiger partial charge >= 0.3 is 0 Å². The molecule has 0 aromatic carbocycles. The number of likely N-dealkylation sites (tertiary alicyclic amines) is 1. The first-order valence-electron chi connectivity index (χ1n) is 4.49. The lowest BCUT2D eigenvalue weighted by Gasteiger charge is -2.34. The van der Waals surface area contributed by atoms with Crippen molar-refractivity contribution >= 4 is 0 Å². The predicted octanol–water partition coefficient (Wildman–Crippen LogP) is 0.440. The molecule has 0 bridgehead atoms. The highest BCUT2D eigenvalue weighted by molar-refractivity contribution is 4.86. The van der Waals surface area contributed by atoms with Crippen LogP contribution in [-0.4, -0.2) is 38.1 Å². The average Bonchev–Trinajstić information content (AvgIpc) is 2.04. The Bertz CT molecular complexity index is 173. The van der Waals surface area contributed by atoms with E-state index >= 15 is 0 Å². The maximum atomic E-state index is 8.57. The second kappa shape index (κ2) is 4.44. The average molecular weight is 167 g/mol. The number of rotatable bonds is 2. The first kappa shape index (κ1) is 9.50. The minimum absolute atomic E-state index is 0.561. The topological polar surface area (TPSA) is 39.1 Å². The van der Waals surface area contributed by atoms with Gasteiger partial charge in [0.15, 0.2) is 0 Å². The molecule has 0 unspecified atom stereocenters. The third-order valence-electron chi connectivity index (χ3n) is 2.51. The summed E-state index contributed by atoms with van der Waals surface area (Å²) in [4.78, 5) is 2.30. The molecule has 3 nitrogen and oxygen atoms in total. The lowest BCUT2D eigenvalue weighted by Crippen LogP contribution is -2.46. The van der Waals surface area contributed by atoms with Crippen molar-refractivity contribution in [3.05, 3.63) is 0 Å². The molecule has 1 saturated heterocycles. The van der Waals surface area contributed by atoms with Crippen LogP contribution in [0.25, 0.3) is 0 Å². The fourth-order valence-corrected chi connectivity index (χ4v) is 1.93. The maximum absolute atomic E-state index is 8.57. The molecular weight excluding hydrogens is 150 g/mol. The van der Waals surface area contributed by atoms with Crippen molar-refractivity contribution in [3.63, 3.8) is 0 Å². The van der Waals surface area contributed by atoms with Gasteiger partial charge in [-0.05, 0) is 26.4 Å². The smallest absolute Gasteiger partial charge is 0.0625 e. The van der Waals surface area contributed by atoms with E-state index in [4.69, 9.17) is 5.26 Å². The molecule has 12 heavy (non-hydrogen) atoms. The second-order valence-corrected chi connectivity index (χ2v) is 3.67. The van der Waals surface area contributed by atoms with E-state index in [1.54, 1.807) is 0 Å². The van der Waals surface area contributed by atoms with Crippen LogP contribution in [0.2, 0.25) is 0 Å². The van der Waals surface area contributed by atoms with Crippen molar-refractivity contribution in [1.29, 1.82) is 5.26 Å². The van der Waals surface area contributed by atoms with E-state index in [0.29, 0.717) is 18.4 Å². The van der Waals surface area contributed by atoms with Crippen LogP contribution in [0, 0.1) is 17.2 Å². The van der Waals surface area contributed by atoms with Crippen LogP contribution in [0.4, 0.5) is 0 Å². The molecule has 0 radical (unpaired) electrons. The summed E-state index contributed by atoms with van der Waals surface area (Å²) >= 11 is 0. The quantitative estimate of drug-likeness (QED) is 0.648. The van der Waals surface area contributed by atoms with E-state index < -0.39 is 0 Å². The second-order valence-electron chi connectivity index (χ2n) is 3.67. The molecule has 2 atom stereocenters. The third kappa shape index (κ3) is 2.47. The monoisotopic (exact) mass is 167 g/mol. The van der Waals surface area contributed by atoms with Gasteiger partial charge in [-0.25, -0.2) is 0 Å². The van der Waals surface area contributed by atoms with Gasteiger partial charge < -0.3 is 10.2 Å². The van der Waals surface area contributed by atoms with Crippen molar-refractivity contribution in [2.24, 2.45) is 5.92 Å². The summed E-state index contributed by atoms with van der Waals surface area (Å²) in [7, 11) is 4.11. The van der Waals surface area contributed by atoms with Crippen molar-refractivity contribution in [1.82, 2.24) is 10.2 Å². The zero-order valence-electron chi connectivity index (χ0n) is 7.88. The first-order chi connectivity index (χ1) is 5.76. The van der Waals surface area contributed by atoms with Gasteiger partial charge in [0.1, 0.15) is 0 Å². The van der Waals surface area contributed by atoms with Crippen molar-refractivity contribution in [2.45, 2.75) is 18.9 Å². The largest absolute Gasteiger partial charge is 0.316 e. The molecular formula is C9H17N3. The van der Waals surface area contributed by atoms with Crippen LogP contribution in [-0.2, 0) is 0 Å². The number of hydrogen-bond donors (Lipinski definition) is 1. The number of nitriles is 1. The highest BCUT2D eigenvalue weighted by Gasteiger charge is 2.23. The summed E-state index contributed by atoms with van der Waals surface area (Å²) in [5.41, 5.74) is 0. The van der Waals surface area contributed by atoms with Gasteiger partial charge in [-0.15, -0.1) is 0 Å². The Hall–Kier alpha value is -0.590. The van der Waals surface area contributed by atoms with Gasteiger partial charge in [0.05, 0.1) is 6.07 Å². The fourth-order valence-electron chi connectivity index (χ4n) is 1.93. The Kier molecular flexibility index (Phi) is 3.51. The standard InChI is InChI=1S/C9H17N3/c1-11-9-5-8(3-4-10)6-12(2)7-9/h8-9,11H,3,5-7H2,1-2H3/t8-,9-/m1/s1. The summed E-state index contributed by atoms with van der Waals surface area (Å²) < 4.78 is 0. The number of nitrogens with zero attached hydrogens (tertiary/aromatic N) is 2. The Morgan fingerprint density at radius 1 is 1.58 bits per heavy atom. The molecule has 1 N–H and O–H groups in total. The molecule has 1 aliphatic rings. The van der Waals surface area contributed by atoms with Gasteiger partial charge in [-0.2, -0.15) is 5.26 Å². The van der Waals surface area contributed by atoms with Crippen LogP contribution in [0.3, 0.4) is 0 Å². The van der Waals surface area contributed by atoms with Crippen LogP contribution in [0.1, 0.15) is 12.8 Å². The molecule has 0 aromatic rings. The summed E-state index contributed by atoms with van der Waals surface area (Å²) in [6.07, 6.45) is 1.84. The molecule has 1 heterocycles. The van der Waals surface area contributed by atoms with E-state index in [1.807, 2.05) is 7.05 Å². The van der Waals surface area contributed by atoms with Gasteiger partial charge in [0.25, 0.3) is 0 Å². The van der Waals surface area contributed by atoms with Gasteiger partial charge in [-0.1, -0.05) is 0 Å². The molecule has 68 valence electrons. The van der Waals surface area contributed by atoms with Crippen LogP contribution in [0.15, 0.2) is 0 Å². The van der Waals surface area contributed by atoms with Crippen LogP contribution < -0.4 is 5.32 Å². The van der Waals surface area contributed by atoms with Gasteiger partial charge in [0.2, 0.25) is 0 Å². The normalized spacial score (nSPS) is 31.4. The minimum Gasteiger partial charge on any atom is -0.316 e. The summed E-state index contributed by atoms with van der Waals surface area (Å²) in [5.74, 6) is 0.561. The molecule has 0 saturated carbocycles. The van der Waals surface area contributed by atoms with Crippen LogP contribution in [0.5, 0.6) is 0 Å². The van der Waals surface area contributed by atoms with Gasteiger partial charge in [0, 0.05) is 25.6 Å². The lowest BCUT2D eigenvalue weighted by molar-refractivity contribution is 0.176. The highest BCUT2D eigenvalue weighted by atomic mass is 15.1. The predicted molar refractivity (Wildman–Crippen MR) is 48.7 cm³/mol. The van der Waals surface area contributed by atoms with E-state index in [2.05, 4.69) is 23.3 Å². The van der Waals surface area contributed by atoms with E-state index in [0.717, 1.165) is 19.5 Å². The number of nitrogens with one attached hydrogen (secondary N) is 1. The van der Waals surface area contributed by atoms with E-state index in [1.165, 1.54) is 0 Å². The van der Waals surface area contributed by atoms with Gasteiger partial charge in [-0.3, -0.25) is 0 Å².